The first-order chi connectivity index (χ1) is 11.7. The average Bonchev–Trinajstić information content (AvgIpc) is 3.37. The molecular weight excluding hydrogens is 324 g/mol. The number of hydrogen-bond acceptors (Lipinski definition) is 6. The molecule has 6 nitrogen and oxygen atoms in total. The molecule has 3 aliphatic rings. The summed E-state index contributed by atoms with van der Waals surface area (Å²) in [6.45, 7) is 3.80. The third-order valence-corrected chi connectivity index (χ3v) is 6.54. The van der Waals surface area contributed by atoms with Crippen molar-refractivity contribution >= 4 is 17.7 Å². The fourth-order valence-electron chi connectivity index (χ4n) is 3.91. The topological polar surface area (TPSA) is 71.3 Å². The molecule has 2 atom stereocenters. The third-order valence-electron chi connectivity index (χ3n) is 5.49. The van der Waals surface area contributed by atoms with Crippen LogP contribution in [0.15, 0.2) is 4.52 Å². The number of nitrogens with zero attached hydrogens (tertiary/aromatic N) is 3. The Morgan fingerprint density at radius 2 is 2.04 bits per heavy atom. The van der Waals surface area contributed by atoms with Crippen LogP contribution in [0.3, 0.4) is 0 Å². The number of aryl methyl sites for hydroxylation is 1. The van der Waals surface area contributed by atoms with E-state index >= 15 is 0 Å². The fourth-order valence-corrected chi connectivity index (χ4v) is 4.99. The second-order valence-electron chi connectivity index (χ2n) is 7.30. The number of likely N-dealkylation sites (tertiary alicyclic amines) is 1. The number of carbonyl (C=O) groups is 1. The van der Waals surface area contributed by atoms with Crippen LogP contribution in [-0.4, -0.2) is 57.6 Å². The quantitative estimate of drug-likeness (QED) is 0.895. The third kappa shape index (κ3) is 3.61. The minimum atomic E-state index is 0.0845. The maximum absolute atomic E-state index is 12.3. The predicted octanol–water partition coefficient (Wildman–Crippen LogP) is 1.96. The van der Waals surface area contributed by atoms with Crippen molar-refractivity contribution in [1.82, 2.24) is 20.4 Å². The van der Waals surface area contributed by atoms with E-state index < -0.39 is 0 Å². The summed E-state index contributed by atoms with van der Waals surface area (Å²) in [6.07, 6.45) is 5.57. The van der Waals surface area contributed by atoms with Crippen LogP contribution in [0.1, 0.15) is 49.7 Å². The van der Waals surface area contributed by atoms with E-state index in [-0.39, 0.29) is 23.8 Å². The second kappa shape index (κ2) is 7.04. The molecule has 2 saturated heterocycles. The van der Waals surface area contributed by atoms with Gasteiger partial charge in [-0.15, -0.1) is 0 Å². The number of carbonyl (C=O) groups excluding carboxylic acids is 1. The molecule has 1 aromatic heterocycles. The van der Waals surface area contributed by atoms with Gasteiger partial charge in [0.2, 0.25) is 11.8 Å². The van der Waals surface area contributed by atoms with E-state index in [0.29, 0.717) is 17.8 Å². The summed E-state index contributed by atoms with van der Waals surface area (Å²) >= 11 is 2.06. The Kier molecular flexibility index (Phi) is 4.81. The molecular formula is C17H26N4O2S. The highest BCUT2D eigenvalue weighted by Gasteiger charge is 2.39. The average molecular weight is 350 g/mol. The van der Waals surface area contributed by atoms with Gasteiger partial charge in [0.25, 0.3) is 0 Å². The maximum Gasteiger partial charge on any atom is 0.231 e. The molecule has 4 rings (SSSR count). The minimum Gasteiger partial charge on any atom is -0.351 e. The highest BCUT2D eigenvalue weighted by molar-refractivity contribution is 7.99. The molecule has 7 heteroatoms. The first-order valence-electron chi connectivity index (χ1n) is 9.13. The van der Waals surface area contributed by atoms with Gasteiger partial charge < -0.3 is 9.84 Å². The van der Waals surface area contributed by atoms with E-state index in [9.17, 15) is 4.79 Å². The summed E-state index contributed by atoms with van der Waals surface area (Å²) in [6, 6.07) is 0.748. The molecule has 1 N–H and O–H groups in total. The number of piperidine rings is 1. The van der Waals surface area contributed by atoms with Crippen LogP contribution in [0.5, 0.6) is 0 Å². The lowest BCUT2D eigenvalue weighted by atomic mass is 9.89. The molecule has 1 aliphatic carbocycles. The number of aromatic nitrogens is 2. The van der Waals surface area contributed by atoms with Crippen LogP contribution in [-0.2, 0) is 4.79 Å². The standard InChI is InChI=1S/C17H26N4O2S/c1-11-18-17(23-20-11)14-4-7-21(13-5-8-24-9-6-13)10-15(14)19-16(22)12-2-3-12/h12-15H,2-10H2,1H3,(H,19,22)/t14-,15+/m0/s1. The summed E-state index contributed by atoms with van der Waals surface area (Å²) in [5.41, 5.74) is 0. The summed E-state index contributed by atoms with van der Waals surface area (Å²) in [4.78, 5) is 19.4. The van der Waals surface area contributed by atoms with Crippen LogP contribution < -0.4 is 5.32 Å². The number of amides is 1. The number of nitrogens with one attached hydrogen (secondary N) is 1. The lowest BCUT2D eigenvalue weighted by Gasteiger charge is -2.42. The van der Waals surface area contributed by atoms with Crippen LogP contribution in [0.25, 0.3) is 0 Å². The Hall–Kier alpha value is -1.08. The van der Waals surface area contributed by atoms with Crippen molar-refractivity contribution in [2.45, 2.75) is 57.0 Å². The van der Waals surface area contributed by atoms with Crippen LogP contribution in [0.4, 0.5) is 0 Å². The van der Waals surface area contributed by atoms with Crippen molar-refractivity contribution in [3.8, 4) is 0 Å². The molecule has 2 aliphatic heterocycles. The Labute approximate surface area is 147 Å². The lowest BCUT2D eigenvalue weighted by molar-refractivity contribution is -0.123. The monoisotopic (exact) mass is 350 g/mol. The van der Waals surface area contributed by atoms with Crippen molar-refractivity contribution in [2.75, 3.05) is 24.6 Å². The van der Waals surface area contributed by atoms with Crippen molar-refractivity contribution in [3.63, 3.8) is 0 Å². The molecule has 0 bridgehead atoms. The molecule has 1 amide bonds. The summed E-state index contributed by atoms with van der Waals surface area (Å²) in [5, 5.41) is 7.24. The Morgan fingerprint density at radius 1 is 1.25 bits per heavy atom. The molecule has 0 radical (unpaired) electrons. The van der Waals surface area contributed by atoms with Gasteiger partial charge in [-0.2, -0.15) is 16.7 Å². The first kappa shape index (κ1) is 16.4. The van der Waals surface area contributed by atoms with E-state index in [4.69, 9.17) is 4.52 Å². The van der Waals surface area contributed by atoms with Gasteiger partial charge in [0.15, 0.2) is 5.82 Å². The summed E-state index contributed by atoms with van der Waals surface area (Å²) in [5.74, 6) is 4.46. The van der Waals surface area contributed by atoms with Crippen LogP contribution in [0.2, 0.25) is 0 Å². The number of rotatable bonds is 4. The molecule has 0 unspecified atom stereocenters. The molecule has 0 spiro atoms. The SMILES string of the molecule is Cc1noc([C@H]2CCN(C3CCSCC3)C[C@H]2NC(=O)C2CC2)n1. The van der Waals surface area contributed by atoms with Gasteiger partial charge in [0.05, 0.1) is 12.0 Å². The van der Waals surface area contributed by atoms with Gasteiger partial charge in [-0.3, -0.25) is 9.69 Å². The van der Waals surface area contributed by atoms with Crippen molar-refractivity contribution in [1.29, 1.82) is 0 Å². The van der Waals surface area contributed by atoms with Gasteiger partial charge in [-0.1, -0.05) is 5.16 Å². The highest BCUT2D eigenvalue weighted by atomic mass is 32.2. The molecule has 1 aromatic rings. The predicted molar refractivity (Wildman–Crippen MR) is 93.0 cm³/mol. The zero-order chi connectivity index (χ0) is 16.5. The summed E-state index contributed by atoms with van der Waals surface area (Å²) in [7, 11) is 0. The van der Waals surface area contributed by atoms with Crippen molar-refractivity contribution in [3.05, 3.63) is 11.7 Å². The molecule has 3 fully saturated rings. The zero-order valence-electron chi connectivity index (χ0n) is 14.2. The molecule has 24 heavy (non-hydrogen) atoms. The lowest BCUT2D eigenvalue weighted by Crippen LogP contribution is -2.55. The van der Waals surface area contributed by atoms with Gasteiger partial charge in [-0.25, -0.2) is 0 Å². The van der Waals surface area contributed by atoms with Gasteiger partial charge in [-0.05, 0) is 57.1 Å². The Bertz CT molecular complexity index is 583. The molecule has 1 saturated carbocycles. The van der Waals surface area contributed by atoms with Gasteiger partial charge >= 0.3 is 0 Å². The van der Waals surface area contributed by atoms with Crippen LogP contribution >= 0.6 is 11.8 Å². The maximum atomic E-state index is 12.3. The van der Waals surface area contributed by atoms with Gasteiger partial charge in [0, 0.05) is 18.5 Å². The van der Waals surface area contributed by atoms with E-state index in [1.54, 1.807) is 0 Å². The second-order valence-corrected chi connectivity index (χ2v) is 8.53. The number of thioether (sulfide) groups is 1. The smallest absolute Gasteiger partial charge is 0.231 e. The Morgan fingerprint density at radius 3 is 2.71 bits per heavy atom. The zero-order valence-corrected chi connectivity index (χ0v) is 15.1. The molecule has 0 aromatic carbocycles. The Balaban J connectivity index is 1.47. The van der Waals surface area contributed by atoms with E-state index in [1.807, 2.05) is 6.92 Å². The van der Waals surface area contributed by atoms with Crippen molar-refractivity contribution in [2.24, 2.45) is 5.92 Å². The fraction of sp³-hybridized carbons (Fsp3) is 0.824. The van der Waals surface area contributed by atoms with Gasteiger partial charge in [0.1, 0.15) is 0 Å². The largest absolute Gasteiger partial charge is 0.351 e. The molecule has 132 valence electrons. The van der Waals surface area contributed by atoms with E-state index in [2.05, 4.69) is 32.1 Å². The van der Waals surface area contributed by atoms with Crippen LogP contribution in [0, 0.1) is 12.8 Å². The van der Waals surface area contributed by atoms with E-state index in [1.165, 1.54) is 24.3 Å². The normalized spacial score (nSPS) is 29.5. The molecule has 3 heterocycles. The first-order valence-corrected chi connectivity index (χ1v) is 10.3. The number of hydrogen-bond donors (Lipinski definition) is 1. The van der Waals surface area contributed by atoms with Crippen molar-refractivity contribution < 1.29 is 9.32 Å². The minimum absolute atomic E-state index is 0.0845. The highest BCUT2D eigenvalue weighted by Crippen LogP contribution is 2.33. The summed E-state index contributed by atoms with van der Waals surface area (Å²) < 4.78 is 5.44. The van der Waals surface area contributed by atoms with E-state index in [0.717, 1.165) is 32.4 Å².